The second-order valence-corrected chi connectivity index (χ2v) is 5.23. The Bertz CT molecular complexity index is 848. The molecule has 0 aliphatic heterocycles. The number of aromatic nitrogens is 2. The van der Waals surface area contributed by atoms with Crippen LogP contribution in [0.2, 0.25) is 0 Å². The molecule has 108 valence electrons. The number of nitrogens with zero attached hydrogens (tertiary/aromatic N) is 2. The molecule has 3 aromatic rings. The van der Waals surface area contributed by atoms with Gasteiger partial charge in [0.25, 0.3) is 0 Å². The van der Waals surface area contributed by atoms with Crippen molar-refractivity contribution in [2.24, 2.45) is 0 Å². The Morgan fingerprint density at radius 3 is 2.71 bits per heavy atom. The number of hydrogen-bond acceptors (Lipinski definition) is 3. The molecule has 0 saturated heterocycles. The summed E-state index contributed by atoms with van der Waals surface area (Å²) in [5.74, 6) is -0.797. The Labute approximate surface area is 127 Å². The van der Waals surface area contributed by atoms with Gasteiger partial charge in [-0.15, -0.1) is 0 Å². The smallest absolute Gasteiger partial charge is 0.206 e. The fourth-order valence-corrected chi connectivity index (χ4v) is 2.59. The zero-order valence-corrected chi connectivity index (χ0v) is 12.5. The van der Waals surface area contributed by atoms with Crippen molar-refractivity contribution in [3.8, 4) is 11.4 Å². The van der Waals surface area contributed by atoms with E-state index in [2.05, 4.69) is 20.9 Å². The number of anilines is 1. The second-order valence-electron chi connectivity index (χ2n) is 4.38. The molecule has 2 aromatic carbocycles. The molecule has 0 unspecified atom stereocenters. The summed E-state index contributed by atoms with van der Waals surface area (Å²) in [6.07, 6.45) is 0. The zero-order valence-electron chi connectivity index (χ0n) is 10.9. The Morgan fingerprint density at radius 1 is 1.24 bits per heavy atom. The molecular weight excluding hydrogens is 344 g/mol. The van der Waals surface area contributed by atoms with Crippen molar-refractivity contribution in [1.29, 1.82) is 0 Å². The van der Waals surface area contributed by atoms with Gasteiger partial charge in [0.15, 0.2) is 5.82 Å². The fourth-order valence-electron chi connectivity index (χ4n) is 2.18. The molecule has 0 radical (unpaired) electrons. The van der Waals surface area contributed by atoms with E-state index >= 15 is 0 Å². The van der Waals surface area contributed by atoms with Crippen LogP contribution in [0.15, 0.2) is 34.8 Å². The molecule has 7 heteroatoms. The Kier molecular flexibility index (Phi) is 3.29. The van der Waals surface area contributed by atoms with Gasteiger partial charge in [0.05, 0.1) is 22.8 Å². The molecule has 0 aliphatic carbocycles. The largest absolute Gasteiger partial charge is 0.495 e. The molecule has 1 aromatic heterocycles. The molecule has 1 heterocycles. The SMILES string of the molecule is COc1cc(-n2c(N)nc3c(F)cc(F)cc32)ccc1Br. The Morgan fingerprint density at radius 2 is 2.00 bits per heavy atom. The molecule has 4 nitrogen and oxygen atoms in total. The summed E-state index contributed by atoms with van der Waals surface area (Å²) in [6, 6.07) is 7.17. The van der Waals surface area contributed by atoms with Gasteiger partial charge in [-0.05, 0) is 28.1 Å². The molecule has 3 rings (SSSR count). The quantitative estimate of drug-likeness (QED) is 0.764. The summed E-state index contributed by atoms with van der Waals surface area (Å²) in [7, 11) is 1.53. The van der Waals surface area contributed by atoms with Gasteiger partial charge in [0.2, 0.25) is 5.95 Å². The number of nitrogen functional groups attached to an aromatic ring is 1. The lowest BCUT2D eigenvalue weighted by atomic mass is 10.2. The number of hydrogen-bond donors (Lipinski definition) is 1. The highest BCUT2D eigenvalue weighted by molar-refractivity contribution is 9.10. The van der Waals surface area contributed by atoms with Crippen LogP contribution in [0.1, 0.15) is 0 Å². The van der Waals surface area contributed by atoms with Crippen LogP contribution in [0, 0.1) is 11.6 Å². The van der Waals surface area contributed by atoms with Crippen molar-refractivity contribution >= 4 is 32.9 Å². The highest BCUT2D eigenvalue weighted by atomic mass is 79.9. The van der Waals surface area contributed by atoms with E-state index in [1.807, 2.05) is 0 Å². The maximum absolute atomic E-state index is 13.8. The minimum Gasteiger partial charge on any atom is -0.495 e. The van der Waals surface area contributed by atoms with Gasteiger partial charge in [-0.3, -0.25) is 4.57 Å². The Hall–Kier alpha value is -2.15. The van der Waals surface area contributed by atoms with Crippen molar-refractivity contribution in [3.63, 3.8) is 0 Å². The molecule has 0 fully saturated rings. The summed E-state index contributed by atoms with van der Waals surface area (Å²) in [5.41, 5.74) is 6.72. The van der Waals surface area contributed by atoms with Gasteiger partial charge >= 0.3 is 0 Å². The van der Waals surface area contributed by atoms with Gasteiger partial charge in [-0.2, -0.15) is 0 Å². The molecule has 0 amide bonds. The van der Waals surface area contributed by atoms with E-state index in [1.165, 1.54) is 17.7 Å². The first-order valence-electron chi connectivity index (χ1n) is 5.98. The summed E-state index contributed by atoms with van der Waals surface area (Å²) >= 11 is 3.34. The van der Waals surface area contributed by atoms with E-state index in [0.717, 1.165) is 10.5 Å². The number of imidazole rings is 1. The van der Waals surface area contributed by atoms with Crippen molar-refractivity contribution in [3.05, 3.63) is 46.4 Å². The van der Waals surface area contributed by atoms with E-state index in [1.54, 1.807) is 18.2 Å². The van der Waals surface area contributed by atoms with Gasteiger partial charge in [0.1, 0.15) is 17.1 Å². The maximum Gasteiger partial charge on any atom is 0.206 e. The molecule has 0 aliphatic rings. The van der Waals surface area contributed by atoms with Gasteiger partial charge in [-0.25, -0.2) is 13.8 Å². The molecular formula is C14H10BrF2N3O. The van der Waals surface area contributed by atoms with Gasteiger partial charge in [0, 0.05) is 18.2 Å². The predicted octanol–water partition coefficient (Wildman–Crippen LogP) is 3.66. The van der Waals surface area contributed by atoms with Crippen molar-refractivity contribution < 1.29 is 13.5 Å². The van der Waals surface area contributed by atoms with Crippen LogP contribution in [-0.4, -0.2) is 16.7 Å². The van der Waals surface area contributed by atoms with Gasteiger partial charge < -0.3 is 10.5 Å². The van der Waals surface area contributed by atoms with E-state index in [0.29, 0.717) is 11.4 Å². The summed E-state index contributed by atoms with van der Waals surface area (Å²) in [4.78, 5) is 3.95. The zero-order chi connectivity index (χ0) is 15.1. The molecule has 0 atom stereocenters. The lowest BCUT2D eigenvalue weighted by molar-refractivity contribution is 0.412. The number of methoxy groups -OCH3 is 1. The third-order valence-corrected chi connectivity index (χ3v) is 3.75. The Balaban J connectivity index is 2.32. The summed E-state index contributed by atoms with van der Waals surface area (Å²) in [6.45, 7) is 0. The average molecular weight is 354 g/mol. The number of halogens is 3. The maximum atomic E-state index is 13.8. The highest BCUT2D eigenvalue weighted by Gasteiger charge is 2.16. The van der Waals surface area contributed by atoms with Crippen LogP contribution < -0.4 is 10.5 Å². The lowest BCUT2D eigenvalue weighted by Crippen LogP contribution is -2.01. The van der Waals surface area contributed by atoms with E-state index in [9.17, 15) is 8.78 Å². The number of benzene rings is 2. The molecule has 0 saturated carbocycles. The lowest BCUT2D eigenvalue weighted by Gasteiger charge is -2.10. The minimum absolute atomic E-state index is 0.0239. The van der Waals surface area contributed by atoms with E-state index < -0.39 is 11.6 Å². The van der Waals surface area contributed by atoms with E-state index in [-0.39, 0.29) is 17.0 Å². The van der Waals surface area contributed by atoms with Crippen LogP contribution in [0.25, 0.3) is 16.7 Å². The normalized spacial score (nSPS) is 11.0. The first kappa shape index (κ1) is 13.8. The predicted molar refractivity (Wildman–Crippen MR) is 79.7 cm³/mol. The summed E-state index contributed by atoms with van der Waals surface area (Å²) < 4.78 is 34.7. The molecule has 0 bridgehead atoms. The monoisotopic (exact) mass is 353 g/mol. The van der Waals surface area contributed by atoms with Crippen molar-refractivity contribution in [2.45, 2.75) is 0 Å². The first-order chi connectivity index (χ1) is 10.0. The van der Waals surface area contributed by atoms with Gasteiger partial charge in [-0.1, -0.05) is 0 Å². The standard InChI is InChI=1S/C14H10BrF2N3O/c1-21-12-6-8(2-3-9(12)15)20-11-5-7(16)4-10(17)13(11)19-14(20)18/h2-6H,1H3,(H2,18,19). The number of ether oxygens (including phenoxy) is 1. The van der Waals surface area contributed by atoms with Crippen LogP contribution in [-0.2, 0) is 0 Å². The van der Waals surface area contributed by atoms with Crippen LogP contribution in [0.4, 0.5) is 14.7 Å². The number of rotatable bonds is 2. The third kappa shape index (κ3) is 2.23. The third-order valence-electron chi connectivity index (χ3n) is 3.10. The number of nitrogens with two attached hydrogens (primary N) is 1. The highest BCUT2D eigenvalue weighted by Crippen LogP contribution is 2.31. The fraction of sp³-hybridized carbons (Fsp3) is 0.0714. The minimum atomic E-state index is -0.750. The van der Waals surface area contributed by atoms with Crippen LogP contribution in [0.5, 0.6) is 5.75 Å². The average Bonchev–Trinajstić information content (AvgIpc) is 2.76. The first-order valence-corrected chi connectivity index (χ1v) is 6.77. The topological polar surface area (TPSA) is 53.1 Å². The number of fused-ring (bicyclic) bond motifs is 1. The van der Waals surface area contributed by atoms with Crippen molar-refractivity contribution in [2.75, 3.05) is 12.8 Å². The summed E-state index contributed by atoms with van der Waals surface area (Å²) in [5, 5.41) is 0. The van der Waals surface area contributed by atoms with E-state index in [4.69, 9.17) is 10.5 Å². The van der Waals surface area contributed by atoms with Crippen molar-refractivity contribution in [1.82, 2.24) is 9.55 Å². The molecule has 2 N–H and O–H groups in total. The molecule has 0 spiro atoms. The second kappa shape index (κ2) is 5.00. The van der Waals surface area contributed by atoms with Crippen LogP contribution in [0.3, 0.4) is 0 Å². The molecule has 21 heavy (non-hydrogen) atoms. The van der Waals surface area contributed by atoms with Crippen LogP contribution >= 0.6 is 15.9 Å².